The van der Waals surface area contributed by atoms with Gasteiger partial charge < -0.3 is 9.63 Å². The number of hydrogen-bond acceptors (Lipinski definition) is 4. The molecule has 0 aliphatic rings. The van der Waals surface area contributed by atoms with Gasteiger partial charge in [-0.2, -0.15) is 4.98 Å². The summed E-state index contributed by atoms with van der Waals surface area (Å²) in [6.45, 7) is 0. The normalized spacial score (nSPS) is 10.7. The number of aromatic nitrogens is 2. The molecule has 6 heteroatoms. The fourth-order valence-corrected chi connectivity index (χ4v) is 1.99. The van der Waals surface area contributed by atoms with E-state index in [0.717, 1.165) is 22.2 Å². The summed E-state index contributed by atoms with van der Waals surface area (Å²) in [5.41, 5.74) is 0.931. The van der Waals surface area contributed by atoms with Crippen molar-refractivity contribution in [3.05, 3.63) is 52.8 Å². The van der Waals surface area contributed by atoms with Crippen molar-refractivity contribution in [1.29, 1.82) is 0 Å². The Morgan fingerprint density at radius 3 is 2.60 bits per heavy atom. The maximum Gasteiger partial charge on any atom is 0.262 e. The predicted molar refractivity (Wildman–Crippen MR) is 74.5 cm³/mol. The predicted octanol–water partition coefficient (Wildman–Crippen LogP) is 4.01. The number of phenols is 1. The van der Waals surface area contributed by atoms with E-state index < -0.39 is 5.82 Å². The maximum absolute atomic E-state index is 13.2. The van der Waals surface area contributed by atoms with Crippen molar-refractivity contribution in [2.45, 2.75) is 0 Å². The van der Waals surface area contributed by atoms with Gasteiger partial charge in [-0.1, -0.05) is 21.1 Å². The molecule has 0 bridgehead atoms. The van der Waals surface area contributed by atoms with Crippen molar-refractivity contribution in [2.75, 3.05) is 0 Å². The summed E-state index contributed by atoms with van der Waals surface area (Å²) in [5, 5.41) is 13.5. The molecular formula is C14H8BrFN2O2. The van der Waals surface area contributed by atoms with Crippen LogP contribution in [0.4, 0.5) is 4.39 Å². The second-order valence-electron chi connectivity index (χ2n) is 4.09. The van der Waals surface area contributed by atoms with Gasteiger partial charge in [0.05, 0.1) is 5.56 Å². The number of rotatable bonds is 2. The van der Waals surface area contributed by atoms with Gasteiger partial charge in [-0.15, -0.1) is 0 Å². The molecule has 0 radical (unpaired) electrons. The van der Waals surface area contributed by atoms with E-state index in [-0.39, 0.29) is 17.2 Å². The van der Waals surface area contributed by atoms with E-state index in [9.17, 15) is 9.50 Å². The molecule has 0 aliphatic carbocycles. The van der Waals surface area contributed by atoms with Crippen LogP contribution in [0.5, 0.6) is 5.75 Å². The Hall–Kier alpha value is -2.21. The number of halogens is 2. The van der Waals surface area contributed by atoms with Gasteiger partial charge in [0.2, 0.25) is 5.82 Å². The van der Waals surface area contributed by atoms with Gasteiger partial charge in [-0.25, -0.2) is 4.39 Å². The van der Waals surface area contributed by atoms with Crippen LogP contribution in [0.3, 0.4) is 0 Å². The molecule has 0 amide bonds. The van der Waals surface area contributed by atoms with E-state index in [2.05, 4.69) is 26.1 Å². The molecule has 0 atom stereocenters. The molecule has 0 fully saturated rings. The quantitative estimate of drug-likeness (QED) is 0.769. The third-order valence-corrected chi connectivity index (χ3v) is 3.25. The largest absolute Gasteiger partial charge is 0.507 e. The van der Waals surface area contributed by atoms with Gasteiger partial charge in [0.1, 0.15) is 11.6 Å². The number of hydrogen-bond donors (Lipinski definition) is 1. The molecule has 0 aliphatic heterocycles. The summed E-state index contributed by atoms with van der Waals surface area (Å²) in [4.78, 5) is 4.16. The van der Waals surface area contributed by atoms with E-state index in [1.807, 2.05) is 24.3 Å². The monoisotopic (exact) mass is 334 g/mol. The first-order chi connectivity index (χ1) is 9.63. The SMILES string of the molecule is Oc1ccc(F)cc1-c1nc(-c2ccc(Br)cc2)no1. The molecule has 1 heterocycles. The smallest absolute Gasteiger partial charge is 0.262 e. The van der Waals surface area contributed by atoms with E-state index >= 15 is 0 Å². The van der Waals surface area contributed by atoms with Crippen LogP contribution in [0, 0.1) is 5.82 Å². The van der Waals surface area contributed by atoms with Gasteiger partial charge in [-0.3, -0.25) is 0 Å². The Bertz CT molecular complexity index is 756. The zero-order chi connectivity index (χ0) is 14.1. The first-order valence-corrected chi connectivity index (χ1v) is 6.51. The number of phenolic OH excluding ortho intramolecular Hbond substituents is 1. The minimum Gasteiger partial charge on any atom is -0.507 e. The lowest BCUT2D eigenvalue weighted by Gasteiger charge is -1.98. The molecule has 3 rings (SSSR count). The van der Waals surface area contributed by atoms with Crippen LogP contribution in [0.2, 0.25) is 0 Å². The molecule has 3 aromatic rings. The lowest BCUT2D eigenvalue weighted by molar-refractivity contribution is 0.425. The second kappa shape index (κ2) is 5.05. The van der Waals surface area contributed by atoms with Crippen molar-refractivity contribution in [3.63, 3.8) is 0 Å². The molecule has 0 unspecified atom stereocenters. The van der Waals surface area contributed by atoms with Crippen LogP contribution in [0.1, 0.15) is 0 Å². The van der Waals surface area contributed by atoms with Crippen LogP contribution in [-0.2, 0) is 0 Å². The van der Waals surface area contributed by atoms with Crippen molar-refractivity contribution >= 4 is 15.9 Å². The summed E-state index contributed by atoms with van der Waals surface area (Å²) in [6, 6.07) is 10.9. The van der Waals surface area contributed by atoms with Crippen LogP contribution in [0.15, 0.2) is 51.5 Å². The fraction of sp³-hybridized carbons (Fsp3) is 0. The van der Waals surface area contributed by atoms with Crippen molar-refractivity contribution < 1.29 is 14.0 Å². The number of aromatic hydroxyl groups is 1. The lowest BCUT2D eigenvalue weighted by Crippen LogP contribution is -1.83. The summed E-state index contributed by atoms with van der Waals surface area (Å²) in [7, 11) is 0. The van der Waals surface area contributed by atoms with Crippen molar-refractivity contribution in [2.24, 2.45) is 0 Å². The molecule has 0 spiro atoms. The van der Waals surface area contributed by atoms with Gasteiger partial charge in [-0.05, 0) is 42.5 Å². The Labute approximate surface area is 122 Å². The lowest BCUT2D eigenvalue weighted by atomic mass is 10.2. The zero-order valence-electron chi connectivity index (χ0n) is 10.0. The van der Waals surface area contributed by atoms with E-state index in [4.69, 9.17) is 4.52 Å². The summed E-state index contributed by atoms with van der Waals surface area (Å²) >= 11 is 3.34. The zero-order valence-corrected chi connectivity index (χ0v) is 11.6. The van der Waals surface area contributed by atoms with Crippen LogP contribution < -0.4 is 0 Å². The van der Waals surface area contributed by atoms with Gasteiger partial charge in [0.25, 0.3) is 5.89 Å². The summed E-state index contributed by atoms with van der Waals surface area (Å²) < 4.78 is 19.2. The van der Waals surface area contributed by atoms with Crippen LogP contribution in [0.25, 0.3) is 22.8 Å². The molecule has 0 saturated heterocycles. The molecular weight excluding hydrogens is 327 g/mol. The van der Waals surface area contributed by atoms with Crippen LogP contribution >= 0.6 is 15.9 Å². The highest BCUT2D eigenvalue weighted by molar-refractivity contribution is 9.10. The molecule has 100 valence electrons. The Morgan fingerprint density at radius 1 is 1.10 bits per heavy atom. The Balaban J connectivity index is 2.01. The minimum atomic E-state index is -0.485. The van der Waals surface area contributed by atoms with Crippen molar-refractivity contribution in [1.82, 2.24) is 10.1 Å². The number of nitrogens with zero attached hydrogens (tertiary/aromatic N) is 2. The van der Waals surface area contributed by atoms with E-state index in [0.29, 0.717) is 5.82 Å². The third-order valence-electron chi connectivity index (χ3n) is 2.72. The highest BCUT2D eigenvalue weighted by Gasteiger charge is 2.14. The first kappa shape index (κ1) is 12.8. The molecule has 20 heavy (non-hydrogen) atoms. The maximum atomic E-state index is 13.2. The molecule has 1 N–H and O–H groups in total. The molecule has 2 aromatic carbocycles. The standard InChI is InChI=1S/C14H8BrFN2O2/c15-9-3-1-8(2-4-9)13-17-14(20-18-13)11-7-10(16)5-6-12(11)19/h1-7,19H. The average Bonchev–Trinajstić information content (AvgIpc) is 2.92. The van der Waals surface area contributed by atoms with E-state index in [1.165, 1.54) is 6.07 Å². The molecule has 4 nitrogen and oxygen atoms in total. The minimum absolute atomic E-state index is 0.0694. The summed E-state index contributed by atoms with van der Waals surface area (Å²) in [5.74, 6) is -0.158. The average molecular weight is 335 g/mol. The van der Waals surface area contributed by atoms with E-state index in [1.54, 1.807) is 0 Å². The Kier molecular flexibility index (Phi) is 3.23. The molecule has 1 aromatic heterocycles. The van der Waals surface area contributed by atoms with Gasteiger partial charge >= 0.3 is 0 Å². The topological polar surface area (TPSA) is 59.2 Å². The highest BCUT2D eigenvalue weighted by Crippen LogP contribution is 2.30. The van der Waals surface area contributed by atoms with Gasteiger partial charge in [0, 0.05) is 10.0 Å². The molecule has 0 saturated carbocycles. The second-order valence-corrected chi connectivity index (χ2v) is 5.01. The fourth-order valence-electron chi connectivity index (χ4n) is 1.73. The highest BCUT2D eigenvalue weighted by atomic mass is 79.9. The first-order valence-electron chi connectivity index (χ1n) is 5.72. The number of benzene rings is 2. The van der Waals surface area contributed by atoms with Crippen molar-refractivity contribution in [3.8, 4) is 28.6 Å². The third kappa shape index (κ3) is 2.42. The van der Waals surface area contributed by atoms with Crippen LogP contribution in [-0.4, -0.2) is 15.2 Å². The summed E-state index contributed by atoms with van der Waals surface area (Å²) in [6.07, 6.45) is 0. The Morgan fingerprint density at radius 2 is 1.85 bits per heavy atom. The van der Waals surface area contributed by atoms with Gasteiger partial charge in [0.15, 0.2) is 0 Å².